The van der Waals surface area contributed by atoms with Crippen molar-refractivity contribution in [2.75, 3.05) is 19.0 Å². The van der Waals surface area contributed by atoms with Crippen LogP contribution >= 0.6 is 11.6 Å². The van der Waals surface area contributed by atoms with Crippen LogP contribution in [0.15, 0.2) is 43.1 Å². The Morgan fingerprint density at radius 1 is 1.25 bits per heavy atom. The molecule has 0 aliphatic rings. The molecule has 3 rings (SSSR count). The van der Waals surface area contributed by atoms with Crippen LogP contribution in [0.1, 0.15) is 16.7 Å². The van der Waals surface area contributed by atoms with Crippen LogP contribution in [0.3, 0.4) is 0 Å². The van der Waals surface area contributed by atoms with Gasteiger partial charge in [0, 0.05) is 38.2 Å². The van der Waals surface area contributed by atoms with Gasteiger partial charge in [-0.25, -0.2) is 4.98 Å². The van der Waals surface area contributed by atoms with Crippen molar-refractivity contribution in [1.82, 2.24) is 9.55 Å². The van der Waals surface area contributed by atoms with Crippen molar-refractivity contribution in [3.05, 3.63) is 65.0 Å². The zero-order valence-corrected chi connectivity index (χ0v) is 14.6. The van der Waals surface area contributed by atoms with E-state index >= 15 is 0 Å². The summed E-state index contributed by atoms with van der Waals surface area (Å²) in [6, 6.07) is 12.0. The number of hydrogen-bond donors (Lipinski definition) is 0. The standard InChI is InChI=1S/C19H17ClN4/c1-12(14-8-18(20)22-19(9-14)23(2)3)13-5-6-17-16(7-13)15(10-21)11-24(17)4/h5-9,11H,1H2,2-4H3. The smallest absolute Gasteiger partial charge is 0.132 e. The first kappa shape index (κ1) is 16.1. The highest BCUT2D eigenvalue weighted by atomic mass is 35.5. The van der Waals surface area contributed by atoms with E-state index in [9.17, 15) is 5.26 Å². The third-order valence-corrected chi connectivity index (χ3v) is 4.24. The van der Waals surface area contributed by atoms with Crippen LogP contribution in [0.2, 0.25) is 5.15 Å². The molecule has 0 unspecified atom stereocenters. The average molecular weight is 337 g/mol. The predicted molar refractivity (Wildman–Crippen MR) is 99.3 cm³/mol. The monoisotopic (exact) mass is 336 g/mol. The summed E-state index contributed by atoms with van der Waals surface area (Å²) >= 11 is 6.15. The lowest BCUT2D eigenvalue weighted by Gasteiger charge is -2.14. The molecule has 1 aromatic carbocycles. The molecule has 0 saturated carbocycles. The molecule has 0 amide bonds. The fourth-order valence-electron chi connectivity index (χ4n) is 2.72. The number of pyridine rings is 1. The van der Waals surface area contributed by atoms with Gasteiger partial charge in [0.15, 0.2) is 0 Å². The fourth-order valence-corrected chi connectivity index (χ4v) is 2.93. The maximum atomic E-state index is 9.31. The molecule has 0 spiro atoms. The van der Waals surface area contributed by atoms with Crippen LogP contribution in [-0.2, 0) is 7.05 Å². The van der Waals surface area contributed by atoms with Crippen LogP contribution in [0.4, 0.5) is 5.82 Å². The highest BCUT2D eigenvalue weighted by molar-refractivity contribution is 6.29. The molecule has 0 aliphatic heterocycles. The van der Waals surface area contributed by atoms with Crippen LogP contribution in [0, 0.1) is 11.3 Å². The lowest BCUT2D eigenvalue weighted by Crippen LogP contribution is -2.11. The van der Waals surface area contributed by atoms with Gasteiger partial charge in [-0.2, -0.15) is 5.26 Å². The first-order valence-corrected chi connectivity index (χ1v) is 7.82. The number of nitrogens with zero attached hydrogens (tertiary/aromatic N) is 4. The van der Waals surface area contributed by atoms with Gasteiger partial charge in [0.1, 0.15) is 17.0 Å². The molecule has 120 valence electrons. The van der Waals surface area contributed by atoms with Gasteiger partial charge >= 0.3 is 0 Å². The molecule has 24 heavy (non-hydrogen) atoms. The Balaban J connectivity index is 2.11. The van der Waals surface area contributed by atoms with Gasteiger partial charge in [-0.3, -0.25) is 0 Å². The quantitative estimate of drug-likeness (QED) is 0.672. The van der Waals surface area contributed by atoms with Crippen molar-refractivity contribution in [2.24, 2.45) is 7.05 Å². The van der Waals surface area contributed by atoms with Crippen molar-refractivity contribution < 1.29 is 0 Å². The van der Waals surface area contributed by atoms with E-state index in [1.54, 1.807) is 6.07 Å². The van der Waals surface area contributed by atoms with E-state index in [4.69, 9.17) is 11.6 Å². The topological polar surface area (TPSA) is 44.9 Å². The molecule has 2 aromatic heterocycles. The predicted octanol–water partition coefficient (Wildman–Crippen LogP) is 4.23. The molecular weight excluding hydrogens is 320 g/mol. The van der Waals surface area contributed by atoms with Gasteiger partial charge < -0.3 is 9.47 Å². The maximum absolute atomic E-state index is 9.31. The number of nitriles is 1. The van der Waals surface area contributed by atoms with Gasteiger partial charge in [0.2, 0.25) is 0 Å². The van der Waals surface area contributed by atoms with E-state index < -0.39 is 0 Å². The molecule has 3 aromatic rings. The second-order valence-corrected chi connectivity index (χ2v) is 6.29. The van der Waals surface area contributed by atoms with E-state index in [1.165, 1.54) is 0 Å². The zero-order valence-electron chi connectivity index (χ0n) is 13.8. The molecule has 4 nitrogen and oxygen atoms in total. The van der Waals surface area contributed by atoms with Gasteiger partial charge in [0.05, 0.1) is 5.56 Å². The Hall–Kier alpha value is -2.77. The van der Waals surface area contributed by atoms with E-state index in [1.807, 2.05) is 61.1 Å². The summed E-state index contributed by atoms with van der Waals surface area (Å²) in [5.41, 5.74) is 4.38. The molecule has 0 aliphatic carbocycles. The Kier molecular flexibility index (Phi) is 4.04. The van der Waals surface area contributed by atoms with Crippen LogP contribution in [-0.4, -0.2) is 23.6 Å². The molecule has 5 heteroatoms. The Morgan fingerprint density at radius 2 is 2.00 bits per heavy atom. The number of halogens is 1. The third kappa shape index (κ3) is 2.75. The number of benzene rings is 1. The summed E-state index contributed by atoms with van der Waals surface area (Å²) in [4.78, 5) is 6.19. The minimum Gasteiger partial charge on any atom is -0.363 e. The van der Waals surface area contributed by atoms with E-state index in [2.05, 4.69) is 17.6 Å². The summed E-state index contributed by atoms with van der Waals surface area (Å²) in [6.45, 7) is 4.21. The molecule has 0 atom stereocenters. The number of aromatic nitrogens is 2. The maximum Gasteiger partial charge on any atom is 0.132 e. The van der Waals surface area contributed by atoms with Crippen LogP contribution in [0.5, 0.6) is 0 Å². The highest BCUT2D eigenvalue weighted by Crippen LogP contribution is 2.30. The van der Waals surface area contributed by atoms with Gasteiger partial charge in [-0.05, 0) is 41.0 Å². The Labute approximate surface area is 146 Å². The summed E-state index contributed by atoms with van der Waals surface area (Å²) in [6.07, 6.45) is 1.84. The van der Waals surface area contributed by atoms with E-state index in [0.29, 0.717) is 10.7 Å². The molecule has 0 N–H and O–H groups in total. The largest absolute Gasteiger partial charge is 0.363 e. The van der Waals surface area contributed by atoms with Crippen molar-refractivity contribution in [2.45, 2.75) is 0 Å². The summed E-state index contributed by atoms with van der Waals surface area (Å²) in [5, 5.41) is 10.7. The molecule has 2 heterocycles. The molecule has 0 saturated heterocycles. The lowest BCUT2D eigenvalue weighted by atomic mass is 9.98. The molecular formula is C19H17ClN4. The minimum absolute atomic E-state index is 0.427. The average Bonchev–Trinajstić information content (AvgIpc) is 2.89. The zero-order chi connectivity index (χ0) is 17.4. The summed E-state index contributed by atoms with van der Waals surface area (Å²) < 4.78 is 1.95. The number of aryl methyl sites for hydroxylation is 1. The number of hydrogen-bond acceptors (Lipinski definition) is 3. The van der Waals surface area contributed by atoms with Gasteiger partial charge in [-0.15, -0.1) is 0 Å². The first-order valence-electron chi connectivity index (χ1n) is 7.44. The number of rotatable bonds is 3. The lowest BCUT2D eigenvalue weighted by molar-refractivity contribution is 0.967. The van der Waals surface area contributed by atoms with Crippen LogP contribution < -0.4 is 4.90 Å². The highest BCUT2D eigenvalue weighted by Gasteiger charge is 2.11. The molecule has 0 radical (unpaired) electrons. The van der Waals surface area contributed by atoms with Gasteiger partial charge in [-0.1, -0.05) is 24.2 Å². The van der Waals surface area contributed by atoms with E-state index in [-0.39, 0.29) is 0 Å². The first-order chi connectivity index (χ1) is 11.4. The Morgan fingerprint density at radius 3 is 2.67 bits per heavy atom. The molecule has 0 fully saturated rings. The normalized spacial score (nSPS) is 10.6. The Bertz CT molecular complexity index is 993. The fraction of sp³-hybridized carbons (Fsp3) is 0.158. The van der Waals surface area contributed by atoms with E-state index in [0.717, 1.165) is 33.4 Å². The summed E-state index contributed by atoms with van der Waals surface area (Å²) in [7, 11) is 5.77. The minimum atomic E-state index is 0.427. The van der Waals surface area contributed by atoms with Crippen molar-refractivity contribution in [1.29, 1.82) is 5.26 Å². The third-order valence-electron chi connectivity index (χ3n) is 4.05. The molecule has 0 bridgehead atoms. The van der Waals surface area contributed by atoms with Crippen molar-refractivity contribution >= 4 is 33.9 Å². The van der Waals surface area contributed by atoms with Crippen molar-refractivity contribution in [3.8, 4) is 6.07 Å². The number of anilines is 1. The summed E-state index contributed by atoms with van der Waals surface area (Å²) in [5.74, 6) is 0.775. The second-order valence-electron chi connectivity index (χ2n) is 5.91. The number of fused-ring (bicyclic) bond motifs is 1. The second kappa shape index (κ2) is 6.03. The van der Waals surface area contributed by atoms with Gasteiger partial charge in [0.25, 0.3) is 0 Å². The van der Waals surface area contributed by atoms with Crippen molar-refractivity contribution in [3.63, 3.8) is 0 Å². The van der Waals surface area contributed by atoms with Crippen LogP contribution in [0.25, 0.3) is 16.5 Å². The SMILES string of the molecule is C=C(c1cc(Cl)nc(N(C)C)c1)c1ccc2c(c1)c(C#N)cn2C.